The van der Waals surface area contributed by atoms with Crippen molar-refractivity contribution < 1.29 is 9.52 Å². The predicted octanol–water partition coefficient (Wildman–Crippen LogP) is 3.65. The van der Waals surface area contributed by atoms with E-state index in [1.54, 1.807) is 19.1 Å². The summed E-state index contributed by atoms with van der Waals surface area (Å²) in [5.41, 5.74) is 10.3. The average Bonchev–Trinajstić information content (AvgIpc) is 2.85. The van der Waals surface area contributed by atoms with E-state index in [4.69, 9.17) is 10.2 Å². The number of phenols is 1. The van der Waals surface area contributed by atoms with E-state index >= 15 is 0 Å². The number of phenolic OH excluding ortho intramolecular Hbond substituents is 1. The number of nitrogen functional groups attached to an aromatic ring is 1. The fourth-order valence-electron chi connectivity index (χ4n) is 2.28. The molecule has 3 N–H and O–H groups in total. The van der Waals surface area contributed by atoms with Crippen molar-refractivity contribution in [3.8, 4) is 17.2 Å². The molecule has 0 spiro atoms. The Morgan fingerprint density at radius 3 is 2.80 bits per heavy atom. The van der Waals surface area contributed by atoms with Gasteiger partial charge in [0, 0.05) is 5.69 Å². The van der Waals surface area contributed by atoms with E-state index in [-0.39, 0.29) is 5.75 Å². The van der Waals surface area contributed by atoms with Crippen LogP contribution in [-0.2, 0) is 6.42 Å². The molecule has 3 aromatic rings. The van der Waals surface area contributed by atoms with Crippen molar-refractivity contribution in [1.29, 1.82) is 0 Å². The summed E-state index contributed by atoms with van der Waals surface area (Å²) >= 11 is 0. The molecule has 0 amide bonds. The Kier molecular flexibility index (Phi) is 2.86. The highest BCUT2D eigenvalue weighted by Crippen LogP contribution is 2.35. The molecule has 0 atom stereocenters. The molecule has 0 radical (unpaired) electrons. The summed E-state index contributed by atoms with van der Waals surface area (Å²) in [6.45, 7) is 3.89. The Morgan fingerprint density at radius 1 is 1.25 bits per heavy atom. The van der Waals surface area contributed by atoms with Crippen molar-refractivity contribution in [2.24, 2.45) is 0 Å². The molecule has 3 rings (SSSR count). The van der Waals surface area contributed by atoms with Crippen molar-refractivity contribution in [1.82, 2.24) is 4.98 Å². The number of nitrogens with two attached hydrogens (primary N) is 1. The maximum Gasteiger partial charge on any atom is 0.231 e. The second kappa shape index (κ2) is 4.56. The fourth-order valence-corrected chi connectivity index (χ4v) is 2.28. The predicted molar refractivity (Wildman–Crippen MR) is 79.6 cm³/mol. The van der Waals surface area contributed by atoms with E-state index in [9.17, 15) is 5.11 Å². The van der Waals surface area contributed by atoms with Crippen LogP contribution in [-0.4, -0.2) is 10.1 Å². The van der Waals surface area contributed by atoms with E-state index in [2.05, 4.69) is 11.9 Å². The van der Waals surface area contributed by atoms with Gasteiger partial charge < -0.3 is 15.3 Å². The summed E-state index contributed by atoms with van der Waals surface area (Å²) in [5, 5.41) is 10.1. The molecule has 0 aliphatic heterocycles. The zero-order valence-electron chi connectivity index (χ0n) is 11.5. The zero-order chi connectivity index (χ0) is 14.3. The van der Waals surface area contributed by atoms with Crippen LogP contribution in [0.2, 0.25) is 0 Å². The SMILES string of the molecule is CCc1ccc2oc(-c3cc(N)cc(C)c3O)nc2c1. The monoisotopic (exact) mass is 268 g/mol. The molecule has 1 aromatic heterocycles. The van der Waals surface area contributed by atoms with Crippen LogP contribution in [0.1, 0.15) is 18.1 Å². The molecular formula is C16H16N2O2. The summed E-state index contributed by atoms with van der Waals surface area (Å²) in [5.74, 6) is 0.544. The van der Waals surface area contributed by atoms with Gasteiger partial charge in [-0.25, -0.2) is 4.98 Å². The van der Waals surface area contributed by atoms with Gasteiger partial charge in [-0.3, -0.25) is 0 Å². The van der Waals surface area contributed by atoms with Crippen molar-refractivity contribution in [2.75, 3.05) is 5.73 Å². The quantitative estimate of drug-likeness (QED) is 0.549. The summed E-state index contributed by atoms with van der Waals surface area (Å²) in [6, 6.07) is 9.31. The van der Waals surface area contributed by atoms with E-state index in [1.807, 2.05) is 18.2 Å². The standard InChI is InChI=1S/C16H16N2O2/c1-3-10-4-5-14-13(7-10)18-16(20-14)12-8-11(17)6-9(2)15(12)19/h4-8,19H,3,17H2,1-2H3. The summed E-state index contributed by atoms with van der Waals surface area (Å²) in [6.07, 6.45) is 0.945. The minimum Gasteiger partial charge on any atom is -0.507 e. The maximum absolute atomic E-state index is 10.1. The topological polar surface area (TPSA) is 72.3 Å². The van der Waals surface area contributed by atoms with Gasteiger partial charge in [-0.15, -0.1) is 0 Å². The lowest BCUT2D eigenvalue weighted by molar-refractivity contribution is 0.470. The van der Waals surface area contributed by atoms with Gasteiger partial charge in [0.15, 0.2) is 5.58 Å². The van der Waals surface area contributed by atoms with Crippen molar-refractivity contribution in [3.63, 3.8) is 0 Å². The number of oxazole rings is 1. The van der Waals surface area contributed by atoms with E-state index < -0.39 is 0 Å². The number of nitrogens with zero attached hydrogens (tertiary/aromatic N) is 1. The minimum atomic E-state index is 0.154. The van der Waals surface area contributed by atoms with Gasteiger partial charge in [-0.1, -0.05) is 13.0 Å². The molecule has 20 heavy (non-hydrogen) atoms. The third-order valence-corrected chi connectivity index (χ3v) is 3.41. The summed E-state index contributed by atoms with van der Waals surface area (Å²) in [7, 11) is 0. The van der Waals surface area contributed by atoms with E-state index in [0.29, 0.717) is 28.3 Å². The molecule has 0 saturated carbocycles. The molecule has 0 saturated heterocycles. The van der Waals surface area contributed by atoms with Gasteiger partial charge in [-0.05, 0) is 48.7 Å². The molecule has 0 bridgehead atoms. The second-order valence-corrected chi connectivity index (χ2v) is 4.91. The van der Waals surface area contributed by atoms with Crippen LogP contribution in [0.5, 0.6) is 5.75 Å². The van der Waals surface area contributed by atoms with E-state index in [0.717, 1.165) is 11.9 Å². The normalized spacial score (nSPS) is 11.1. The first kappa shape index (κ1) is 12.5. The molecule has 0 aliphatic carbocycles. The number of hydrogen-bond donors (Lipinski definition) is 2. The van der Waals surface area contributed by atoms with Crippen LogP contribution in [0.15, 0.2) is 34.7 Å². The van der Waals surface area contributed by atoms with Crippen molar-refractivity contribution in [3.05, 3.63) is 41.5 Å². The van der Waals surface area contributed by atoms with Gasteiger partial charge in [0.05, 0.1) is 5.56 Å². The number of fused-ring (bicyclic) bond motifs is 1. The molecule has 0 aliphatic rings. The Bertz CT molecular complexity index is 791. The Hall–Kier alpha value is -2.49. The molecule has 1 heterocycles. The number of aromatic nitrogens is 1. The Labute approximate surface area is 116 Å². The van der Waals surface area contributed by atoms with Gasteiger partial charge in [0.25, 0.3) is 0 Å². The highest BCUT2D eigenvalue weighted by Gasteiger charge is 2.14. The van der Waals surface area contributed by atoms with Crippen molar-refractivity contribution in [2.45, 2.75) is 20.3 Å². The number of benzene rings is 2. The number of rotatable bonds is 2. The van der Waals surface area contributed by atoms with Crippen LogP contribution in [0.25, 0.3) is 22.6 Å². The number of hydrogen-bond acceptors (Lipinski definition) is 4. The Balaban J connectivity index is 2.20. The van der Waals surface area contributed by atoms with Gasteiger partial charge in [0.1, 0.15) is 11.3 Å². The highest BCUT2D eigenvalue weighted by atomic mass is 16.3. The molecule has 102 valence electrons. The molecule has 4 heteroatoms. The van der Waals surface area contributed by atoms with Crippen LogP contribution in [0.4, 0.5) is 5.69 Å². The molecule has 2 aromatic carbocycles. The highest BCUT2D eigenvalue weighted by molar-refractivity contribution is 5.79. The minimum absolute atomic E-state index is 0.154. The Morgan fingerprint density at radius 2 is 2.05 bits per heavy atom. The van der Waals surface area contributed by atoms with Gasteiger partial charge in [-0.2, -0.15) is 0 Å². The lowest BCUT2D eigenvalue weighted by Crippen LogP contribution is -1.89. The lowest BCUT2D eigenvalue weighted by Gasteiger charge is -2.05. The molecule has 4 nitrogen and oxygen atoms in total. The molecule has 0 unspecified atom stereocenters. The third kappa shape index (κ3) is 1.99. The number of aryl methyl sites for hydroxylation is 2. The first-order valence-electron chi connectivity index (χ1n) is 6.57. The third-order valence-electron chi connectivity index (χ3n) is 3.41. The van der Waals surface area contributed by atoms with Crippen LogP contribution in [0.3, 0.4) is 0 Å². The molecular weight excluding hydrogens is 252 g/mol. The first-order chi connectivity index (χ1) is 9.58. The van der Waals surface area contributed by atoms with Crippen molar-refractivity contribution >= 4 is 16.8 Å². The zero-order valence-corrected chi connectivity index (χ0v) is 11.5. The molecule has 0 fully saturated rings. The largest absolute Gasteiger partial charge is 0.507 e. The summed E-state index contributed by atoms with van der Waals surface area (Å²) < 4.78 is 5.72. The summed E-state index contributed by atoms with van der Waals surface area (Å²) in [4.78, 5) is 4.45. The average molecular weight is 268 g/mol. The smallest absolute Gasteiger partial charge is 0.231 e. The number of aromatic hydroxyl groups is 1. The second-order valence-electron chi connectivity index (χ2n) is 4.91. The fraction of sp³-hybridized carbons (Fsp3) is 0.188. The van der Waals surface area contributed by atoms with Gasteiger partial charge in [0.2, 0.25) is 5.89 Å². The van der Waals surface area contributed by atoms with Crippen LogP contribution >= 0.6 is 0 Å². The number of anilines is 1. The lowest BCUT2D eigenvalue weighted by atomic mass is 10.1. The van der Waals surface area contributed by atoms with Gasteiger partial charge >= 0.3 is 0 Å². The first-order valence-corrected chi connectivity index (χ1v) is 6.57. The maximum atomic E-state index is 10.1. The van der Waals surface area contributed by atoms with Crippen LogP contribution < -0.4 is 5.73 Å². The van der Waals surface area contributed by atoms with Crippen LogP contribution in [0, 0.1) is 6.92 Å². The van der Waals surface area contributed by atoms with E-state index in [1.165, 1.54) is 5.56 Å².